The predicted octanol–water partition coefficient (Wildman–Crippen LogP) is 3.09. The number of rotatable bonds is 4. The number of nitrogens with one attached hydrogen (secondary N) is 2. The van der Waals surface area contributed by atoms with E-state index in [9.17, 15) is 9.59 Å². The number of aromatic nitrogens is 1. The molecule has 2 N–H and O–H groups in total. The van der Waals surface area contributed by atoms with Gasteiger partial charge in [0.25, 0.3) is 5.91 Å². The van der Waals surface area contributed by atoms with Crippen molar-refractivity contribution in [2.45, 2.75) is 38.1 Å². The van der Waals surface area contributed by atoms with Crippen LogP contribution in [0, 0.1) is 0 Å². The van der Waals surface area contributed by atoms with Crippen molar-refractivity contribution < 1.29 is 14.0 Å². The quantitative estimate of drug-likeness (QED) is 0.827. The summed E-state index contributed by atoms with van der Waals surface area (Å²) < 4.78 is 5.20. The minimum absolute atomic E-state index is 0.0777. The fourth-order valence-electron chi connectivity index (χ4n) is 3.94. The van der Waals surface area contributed by atoms with Gasteiger partial charge >= 0.3 is 6.03 Å². The van der Waals surface area contributed by atoms with Crippen molar-refractivity contribution in [1.82, 2.24) is 15.2 Å². The first-order valence-electron chi connectivity index (χ1n) is 10.3. The Morgan fingerprint density at radius 2 is 1.83 bits per heavy atom. The molecule has 29 heavy (non-hydrogen) atoms. The van der Waals surface area contributed by atoms with Crippen molar-refractivity contribution in [3.05, 3.63) is 42.5 Å². The van der Waals surface area contributed by atoms with E-state index < -0.39 is 0 Å². The molecule has 0 radical (unpaired) electrons. The van der Waals surface area contributed by atoms with E-state index in [4.69, 9.17) is 4.42 Å². The number of carbonyl (C=O) groups is 2. The summed E-state index contributed by atoms with van der Waals surface area (Å²) in [6, 6.07) is 7.28. The maximum Gasteiger partial charge on any atom is 0.319 e. The third-order valence-electron chi connectivity index (χ3n) is 5.57. The summed E-state index contributed by atoms with van der Waals surface area (Å²) >= 11 is 0. The molecule has 0 spiro atoms. The number of nitrogens with zero attached hydrogens (tertiary/aromatic N) is 3. The molecule has 2 fully saturated rings. The molecular formula is C21H27N5O3. The smallest absolute Gasteiger partial charge is 0.319 e. The molecule has 2 aliphatic rings. The number of anilines is 2. The monoisotopic (exact) mass is 397 g/mol. The van der Waals surface area contributed by atoms with Gasteiger partial charge in [0.15, 0.2) is 5.76 Å². The van der Waals surface area contributed by atoms with Crippen LogP contribution in [0.3, 0.4) is 0 Å². The number of urea groups is 1. The molecule has 154 valence electrons. The second-order valence-corrected chi connectivity index (χ2v) is 7.60. The van der Waals surface area contributed by atoms with E-state index in [1.54, 1.807) is 23.2 Å². The van der Waals surface area contributed by atoms with E-state index in [0.29, 0.717) is 37.6 Å². The Hall–Kier alpha value is -3.03. The molecular weight excluding hydrogens is 370 g/mol. The zero-order valence-corrected chi connectivity index (χ0v) is 16.5. The Morgan fingerprint density at radius 1 is 1.03 bits per heavy atom. The molecule has 8 nitrogen and oxygen atoms in total. The number of hydrogen-bond acceptors (Lipinski definition) is 5. The van der Waals surface area contributed by atoms with Gasteiger partial charge in [0.05, 0.1) is 18.1 Å². The van der Waals surface area contributed by atoms with Crippen LogP contribution in [-0.4, -0.2) is 54.0 Å². The lowest BCUT2D eigenvalue weighted by Gasteiger charge is -2.35. The van der Waals surface area contributed by atoms with Gasteiger partial charge in [0.1, 0.15) is 5.82 Å². The molecule has 0 aromatic carbocycles. The molecule has 3 amide bonds. The Labute approximate surface area is 170 Å². The molecule has 0 unspecified atom stereocenters. The van der Waals surface area contributed by atoms with Gasteiger partial charge in [-0.05, 0) is 37.1 Å². The van der Waals surface area contributed by atoms with E-state index in [2.05, 4.69) is 20.5 Å². The van der Waals surface area contributed by atoms with Crippen LogP contribution in [0.4, 0.5) is 16.3 Å². The van der Waals surface area contributed by atoms with E-state index in [-0.39, 0.29) is 18.0 Å². The third kappa shape index (κ3) is 4.88. The van der Waals surface area contributed by atoms with Gasteiger partial charge in [-0.15, -0.1) is 0 Å². The molecule has 4 rings (SSSR count). The van der Waals surface area contributed by atoms with Gasteiger partial charge in [-0.2, -0.15) is 0 Å². The SMILES string of the molecule is O=C(Nc1ccc(N2CCN(C(=O)c3ccco3)CC2)nc1)NC1CCCCC1. The maximum atomic E-state index is 12.3. The average Bonchev–Trinajstić information content (AvgIpc) is 3.29. The highest BCUT2D eigenvalue weighted by Crippen LogP contribution is 2.19. The molecule has 2 aromatic rings. The van der Waals surface area contributed by atoms with Crippen molar-refractivity contribution >= 4 is 23.4 Å². The second-order valence-electron chi connectivity index (χ2n) is 7.60. The van der Waals surface area contributed by atoms with Gasteiger partial charge in [0.2, 0.25) is 0 Å². The number of hydrogen-bond donors (Lipinski definition) is 2. The number of piperazine rings is 1. The number of pyridine rings is 1. The summed E-state index contributed by atoms with van der Waals surface area (Å²) in [4.78, 5) is 32.9. The summed E-state index contributed by atoms with van der Waals surface area (Å²) in [5.74, 6) is 1.14. The molecule has 1 saturated heterocycles. The van der Waals surface area contributed by atoms with Crippen LogP contribution >= 0.6 is 0 Å². The molecule has 1 saturated carbocycles. The molecule has 3 heterocycles. The van der Waals surface area contributed by atoms with Crippen molar-refractivity contribution in [2.75, 3.05) is 36.4 Å². The standard InChI is InChI=1S/C21H27N5O3/c27-20(18-7-4-14-29-18)26-12-10-25(11-13-26)19-9-8-17(15-22-19)24-21(28)23-16-5-2-1-3-6-16/h4,7-9,14-16H,1-3,5-6,10-13H2,(H2,23,24,28). The second kappa shape index (κ2) is 8.98. The minimum atomic E-state index is -0.170. The van der Waals surface area contributed by atoms with Gasteiger partial charge in [-0.25, -0.2) is 9.78 Å². The van der Waals surface area contributed by atoms with Crippen LogP contribution in [0.25, 0.3) is 0 Å². The number of furan rings is 1. The Bertz CT molecular complexity index is 807. The van der Waals surface area contributed by atoms with Crippen molar-refractivity contribution in [2.24, 2.45) is 0 Å². The van der Waals surface area contributed by atoms with Crippen LogP contribution in [0.1, 0.15) is 42.7 Å². The summed E-state index contributed by atoms with van der Waals surface area (Å²) in [5.41, 5.74) is 0.675. The van der Waals surface area contributed by atoms with Crippen molar-refractivity contribution in [3.63, 3.8) is 0 Å². The van der Waals surface area contributed by atoms with Gasteiger partial charge in [-0.3, -0.25) is 4.79 Å². The maximum absolute atomic E-state index is 12.3. The summed E-state index contributed by atoms with van der Waals surface area (Å²) in [5, 5.41) is 5.90. The van der Waals surface area contributed by atoms with Gasteiger partial charge < -0.3 is 24.9 Å². The zero-order valence-electron chi connectivity index (χ0n) is 16.5. The number of amides is 3. The van der Waals surface area contributed by atoms with Crippen LogP contribution < -0.4 is 15.5 Å². The molecule has 1 aliphatic carbocycles. The first kappa shape index (κ1) is 19.3. The predicted molar refractivity (Wildman–Crippen MR) is 110 cm³/mol. The first-order chi connectivity index (χ1) is 14.2. The average molecular weight is 397 g/mol. The lowest BCUT2D eigenvalue weighted by atomic mass is 9.96. The third-order valence-corrected chi connectivity index (χ3v) is 5.57. The number of carbonyl (C=O) groups excluding carboxylic acids is 2. The minimum Gasteiger partial charge on any atom is -0.459 e. The summed E-state index contributed by atoms with van der Waals surface area (Å²) in [6.07, 6.45) is 8.92. The molecule has 2 aromatic heterocycles. The van der Waals surface area contributed by atoms with Crippen molar-refractivity contribution in [1.29, 1.82) is 0 Å². The molecule has 8 heteroatoms. The summed E-state index contributed by atoms with van der Waals surface area (Å²) in [7, 11) is 0. The normalized spacial score (nSPS) is 17.8. The highest BCUT2D eigenvalue weighted by atomic mass is 16.3. The van der Waals surface area contributed by atoms with E-state index in [0.717, 1.165) is 18.7 Å². The lowest BCUT2D eigenvalue weighted by molar-refractivity contribution is 0.0714. The zero-order chi connectivity index (χ0) is 20.1. The Morgan fingerprint density at radius 3 is 2.48 bits per heavy atom. The van der Waals surface area contributed by atoms with Crippen LogP contribution in [-0.2, 0) is 0 Å². The van der Waals surface area contributed by atoms with E-state index in [1.807, 2.05) is 12.1 Å². The highest BCUT2D eigenvalue weighted by Gasteiger charge is 2.24. The summed E-state index contributed by atoms with van der Waals surface area (Å²) in [6.45, 7) is 2.64. The largest absolute Gasteiger partial charge is 0.459 e. The lowest BCUT2D eigenvalue weighted by Crippen LogP contribution is -2.49. The molecule has 0 bridgehead atoms. The van der Waals surface area contributed by atoms with Crippen molar-refractivity contribution in [3.8, 4) is 0 Å². The molecule has 0 atom stereocenters. The van der Waals surface area contributed by atoms with E-state index in [1.165, 1.54) is 25.5 Å². The van der Waals surface area contributed by atoms with Crippen LogP contribution in [0.5, 0.6) is 0 Å². The van der Waals surface area contributed by atoms with Crippen LogP contribution in [0.15, 0.2) is 41.1 Å². The Kier molecular flexibility index (Phi) is 5.97. The van der Waals surface area contributed by atoms with Gasteiger partial charge in [0, 0.05) is 32.2 Å². The highest BCUT2D eigenvalue weighted by molar-refractivity contribution is 5.91. The fraction of sp³-hybridized carbons (Fsp3) is 0.476. The molecule has 1 aliphatic heterocycles. The van der Waals surface area contributed by atoms with E-state index >= 15 is 0 Å². The van der Waals surface area contributed by atoms with Crippen LogP contribution in [0.2, 0.25) is 0 Å². The fourth-order valence-corrected chi connectivity index (χ4v) is 3.94. The first-order valence-corrected chi connectivity index (χ1v) is 10.3. The Balaban J connectivity index is 1.26. The topological polar surface area (TPSA) is 90.7 Å². The van der Waals surface area contributed by atoms with Gasteiger partial charge in [-0.1, -0.05) is 19.3 Å².